The van der Waals surface area contributed by atoms with Crippen LogP contribution in [0.1, 0.15) is 42.7 Å². The molecule has 0 radical (unpaired) electrons. The van der Waals surface area contributed by atoms with Crippen LogP contribution >= 0.6 is 11.6 Å². The average Bonchev–Trinajstić information content (AvgIpc) is 2.60. The monoisotopic (exact) mass is 358 g/mol. The van der Waals surface area contributed by atoms with Gasteiger partial charge in [-0.25, -0.2) is 4.98 Å². The molecule has 1 aliphatic rings. The molecular formula is C19H23ClN4O. The second-order valence-corrected chi connectivity index (χ2v) is 7.13. The van der Waals surface area contributed by atoms with Crippen LogP contribution in [0, 0.1) is 12.8 Å². The molecule has 2 aromatic heterocycles. The molecule has 1 amide bonds. The van der Waals surface area contributed by atoms with E-state index < -0.39 is 0 Å². The number of hydrogen-bond acceptors (Lipinski definition) is 4. The summed E-state index contributed by atoms with van der Waals surface area (Å²) in [5.41, 5.74) is 2.27. The Morgan fingerprint density at radius 1 is 1.28 bits per heavy atom. The van der Waals surface area contributed by atoms with Crippen molar-refractivity contribution in [1.29, 1.82) is 0 Å². The first kappa shape index (κ1) is 17.7. The highest BCUT2D eigenvalue weighted by Crippen LogP contribution is 2.27. The largest absolute Gasteiger partial charge is 0.338 e. The first-order valence-electron chi connectivity index (χ1n) is 8.62. The maximum atomic E-state index is 12.8. The Balaban J connectivity index is 1.77. The molecule has 1 aliphatic heterocycles. The van der Waals surface area contributed by atoms with Crippen LogP contribution in [0.2, 0.25) is 5.02 Å². The molecule has 0 saturated carbocycles. The van der Waals surface area contributed by atoms with Gasteiger partial charge < -0.3 is 10.2 Å². The molecule has 2 atom stereocenters. The molecule has 0 unspecified atom stereocenters. The Kier molecular flexibility index (Phi) is 5.23. The van der Waals surface area contributed by atoms with Gasteiger partial charge in [0.1, 0.15) is 5.82 Å². The smallest absolute Gasteiger partial charge is 0.255 e. The third-order valence-electron chi connectivity index (χ3n) is 4.90. The number of rotatable bonds is 3. The molecule has 6 heteroatoms. The van der Waals surface area contributed by atoms with Gasteiger partial charge in [0.05, 0.1) is 22.5 Å². The van der Waals surface area contributed by atoms with Crippen LogP contribution < -0.4 is 5.32 Å². The maximum Gasteiger partial charge on any atom is 0.255 e. The van der Waals surface area contributed by atoms with E-state index in [0.29, 0.717) is 22.3 Å². The van der Waals surface area contributed by atoms with Crippen molar-refractivity contribution in [3.63, 3.8) is 0 Å². The van der Waals surface area contributed by atoms with Crippen molar-refractivity contribution in [2.45, 2.75) is 39.7 Å². The Morgan fingerprint density at radius 2 is 2.08 bits per heavy atom. The summed E-state index contributed by atoms with van der Waals surface area (Å²) in [5.74, 6) is 1.03. The normalized spacial score (nSPS) is 20.4. The van der Waals surface area contributed by atoms with Gasteiger partial charge in [0.15, 0.2) is 0 Å². The molecule has 0 aliphatic carbocycles. The van der Waals surface area contributed by atoms with Crippen molar-refractivity contribution in [2.75, 3.05) is 11.9 Å². The number of pyridine rings is 2. The minimum absolute atomic E-state index is 0.00278. The summed E-state index contributed by atoms with van der Waals surface area (Å²) in [6, 6.07) is 5.74. The summed E-state index contributed by atoms with van der Waals surface area (Å²) in [4.78, 5) is 23.3. The van der Waals surface area contributed by atoms with E-state index in [4.69, 9.17) is 11.6 Å². The minimum Gasteiger partial charge on any atom is -0.338 e. The van der Waals surface area contributed by atoms with Gasteiger partial charge >= 0.3 is 0 Å². The summed E-state index contributed by atoms with van der Waals surface area (Å²) in [6.07, 6.45) is 5.52. The van der Waals surface area contributed by atoms with Crippen LogP contribution in [0.25, 0.3) is 0 Å². The number of nitrogens with zero attached hydrogens (tertiary/aromatic N) is 3. The quantitative estimate of drug-likeness (QED) is 0.881. The van der Waals surface area contributed by atoms with Crippen molar-refractivity contribution in [1.82, 2.24) is 14.9 Å². The lowest BCUT2D eigenvalue weighted by atomic mass is 9.91. The van der Waals surface area contributed by atoms with E-state index in [1.54, 1.807) is 18.5 Å². The predicted octanol–water partition coefficient (Wildman–Crippen LogP) is 4.44. The first-order valence-corrected chi connectivity index (χ1v) is 8.99. The number of aromatic nitrogens is 2. The highest BCUT2D eigenvalue weighted by molar-refractivity contribution is 6.33. The van der Waals surface area contributed by atoms with Crippen molar-refractivity contribution < 1.29 is 4.79 Å². The number of carbonyl (C=O) groups is 1. The standard InChI is InChI=1S/C19H23ClN4O/c1-12-5-4-8-24(14(12)3)19(25)15-9-17(20)18(22-10-15)23-16-7-6-13(2)21-11-16/h6-7,9-12,14H,4-5,8H2,1-3H3,(H,22,23)/t12-,14-/m0/s1. The molecule has 3 rings (SSSR count). The Bertz CT molecular complexity index is 763. The lowest BCUT2D eigenvalue weighted by Crippen LogP contribution is -2.46. The first-order chi connectivity index (χ1) is 12.0. The van der Waals surface area contributed by atoms with Crippen molar-refractivity contribution in [3.05, 3.63) is 46.9 Å². The summed E-state index contributed by atoms with van der Waals surface area (Å²) in [5, 5.41) is 3.55. The molecule has 1 saturated heterocycles. The molecule has 1 N–H and O–H groups in total. The number of amides is 1. The average molecular weight is 359 g/mol. The zero-order valence-electron chi connectivity index (χ0n) is 14.8. The molecule has 1 fully saturated rings. The van der Waals surface area contributed by atoms with Gasteiger partial charge in [0.25, 0.3) is 5.91 Å². The molecule has 0 bridgehead atoms. The Hall–Kier alpha value is -2.14. The number of likely N-dealkylation sites (tertiary alicyclic amines) is 1. The van der Waals surface area contributed by atoms with Crippen LogP contribution in [0.15, 0.2) is 30.6 Å². The molecule has 25 heavy (non-hydrogen) atoms. The minimum atomic E-state index is -0.00278. The fourth-order valence-electron chi connectivity index (χ4n) is 3.11. The topological polar surface area (TPSA) is 58.1 Å². The molecule has 3 heterocycles. The Morgan fingerprint density at radius 3 is 2.76 bits per heavy atom. The van der Waals surface area contributed by atoms with E-state index >= 15 is 0 Å². The number of nitrogens with one attached hydrogen (secondary N) is 1. The van der Waals surface area contributed by atoms with Gasteiger partial charge in [-0.15, -0.1) is 0 Å². The van der Waals surface area contributed by atoms with Crippen LogP contribution in [0.4, 0.5) is 11.5 Å². The molecule has 132 valence electrons. The summed E-state index contributed by atoms with van der Waals surface area (Å²) >= 11 is 6.34. The van der Waals surface area contributed by atoms with Gasteiger partial charge in [0.2, 0.25) is 0 Å². The highest BCUT2D eigenvalue weighted by atomic mass is 35.5. The third kappa shape index (κ3) is 3.93. The zero-order valence-corrected chi connectivity index (χ0v) is 15.5. The van der Waals surface area contributed by atoms with E-state index in [1.807, 2.05) is 24.0 Å². The van der Waals surface area contributed by atoms with E-state index in [1.165, 1.54) is 0 Å². The summed E-state index contributed by atoms with van der Waals surface area (Å²) in [7, 11) is 0. The number of hydrogen-bond donors (Lipinski definition) is 1. The number of piperidine rings is 1. The van der Waals surface area contributed by atoms with Gasteiger partial charge in [-0.1, -0.05) is 18.5 Å². The number of carbonyl (C=O) groups excluding carboxylic acids is 1. The molecule has 0 aromatic carbocycles. The van der Waals surface area contributed by atoms with Crippen molar-refractivity contribution in [3.8, 4) is 0 Å². The third-order valence-corrected chi connectivity index (χ3v) is 5.18. The molecule has 5 nitrogen and oxygen atoms in total. The second kappa shape index (κ2) is 7.40. The fourth-order valence-corrected chi connectivity index (χ4v) is 3.33. The van der Waals surface area contributed by atoms with Crippen molar-refractivity contribution in [2.24, 2.45) is 5.92 Å². The molecule has 0 spiro atoms. The van der Waals surface area contributed by atoms with E-state index in [-0.39, 0.29) is 11.9 Å². The van der Waals surface area contributed by atoms with Gasteiger partial charge in [0, 0.05) is 24.5 Å². The summed E-state index contributed by atoms with van der Waals surface area (Å²) < 4.78 is 0. The second-order valence-electron chi connectivity index (χ2n) is 6.73. The summed E-state index contributed by atoms with van der Waals surface area (Å²) in [6.45, 7) is 7.02. The lowest BCUT2D eigenvalue weighted by molar-refractivity contribution is 0.0550. The number of halogens is 1. The van der Waals surface area contributed by atoms with E-state index in [2.05, 4.69) is 29.1 Å². The molecular weight excluding hydrogens is 336 g/mol. The fraction of sp³-hybridized carbons (Fsp3) is 0.421. The number of aryl methyl sites for hydroxylation is 1. The zero-order chi connectivity index (χ0) is 18.0. The van der Waals surface area contributed by atoms with Crippen LogP contribution in [-0.4, -0.2) is 33.4 Å². The van der Waals surface area contributed by atoms with Crippen LogP contribution in [0.5, 0.6) is 0 Å². The van der Waals surface area contributed by atoms with E-state index in [0.717, 1.165) is 30.8 Å². The SMILES string of the molecule is Cc1ccc(Nc2ncc(C(=O)N3CCC[C@H](C)[C@@H]3C)cc2Cl)cn1. The van der Waals surface area contributed by atoms with Crippen LogP contribution in [-0.2, 0) is 0 Å². The van der Waals surface area contributed by atoms with E-state index in [9.17, 15) is 4.79 Å². The predicted molar refractivity (Wildman–Crippen MR) is 100 cm³/mol. The lowest BCUT2D eigenvalue weighted by Gasteiger charge is -2.38. The van der Waals surface area contributed by atoms with Gasteiger partial charge in [-0.05, 0) is 50.8 Å². The van der Waals surface area contributed by atoms with Gasteiger partial charge in [-0.2, -0.15) is 0 Å². The van der Waals surface area contributed by atoms with Crippen molar-refractivity contribution >= 4 is 29.0 Å². The van der Waals surface area contributed by atoms with Gasteiger partial charge in [-0.3, -0.25) is 9.78 Å². The highest BCUT2D eigenvalue weighted by Gasteiger charge is 2.29. The van der Waals surface area contributed by atoms with Crippen LogP contribution in [0.3, 0.4) is 0 Å². The maximum absolute atomic E-state index is 12.8. The number of anilines is 2. The molecule has 2 aromatic rings. The Labute approximate surface area is 153 Å².